The number of nitrogen functional groups attached to an aromatic ring is 1. The first kappa shape index (κ1) is 9.92. The highest BCUT2D eigenvalue weighted by atomic mass is 16.2. The lowest BCUT2D eigenvalue weighted by molar-refractivity contribution is 0.0952. The summed E-state index contributed by atoms with van der Waals surface area (Å²) in [5, 5.41) is 0. The number of aromatic amines is 1. The summed E-state index contributed by atoms with van der Waals surface area (Å²) in [5.41, 5.74) is 3.57. The smallest absolute Gasteiger partial charge is 0.270 e. The molecule has 1 aromatic rings. The fourth-order valence-corrected chi connectivity index (χ4v) is 1.95. The average molecular weight is 207 g/mol. The van der Waals surface area contributed by atoms with Gasteiger partial charge in [0.25, 0.3) is 5.91 Å². The minimum absolute atomic E-state index is 0.0955. The second kappa shape index (κ2) is 3.86. The van der Waals surface area contributed by atoms with Gasteiger partial charge in [0.2, 0.25) is 0 Å². The summed E-state index contributed by atoms with van der Waals surface area (Å²) >= 11 is 0. The molecule has 5 heteroatoms. The van der Waals surface area contributed by atoms with Crippen LogP contribution in [0.25, 0.3) is 0 Å². The molecule has 2 rings (SSSR count). The second-order valence-corrected chi connectivity index (χ2v) is 3.67. The van der Waals surface area contributed by atoms with Crippen molar-refractivity contribution in [2.75, 3.05) is 0 Å². The van der Waals surface area contributed by atoms with E-state index in [2.05, 4.69) is 4.98 Å². The largest absolute Gasteiger partial charge is 0.364 e. The van der Waals surface area contributed by atoms with Gasteiger partial charge in [-0.3, -0.25) is 15.0 Å². The number of hydrogen-bond acceptors (Lipinski definition) is 3. The molecule has 1 aliphatic rings. The van der Waals surface area contributed by atoms with Crippen molar-refractivity contribution in [1.82, 2.24) is 10.4 Å². The zero-order valence-electron chi connectivity index (χ0n) is 8.30. The molecule has 1 amide bonds. The topological polar surface area (TPSA) is 88.0 Å². The third-order valence-corrected chi connectivity index (χ3v) is 2.75. The number of nitrogens with two attached hydrogens (primary N) is 1. The van der Waals surface area contributed by atoms with Gasteiger partial charge < -0.3 is 4.98 Å². The molecule has 1 heterocycles. The lowest BCUT2D eigenvalue weighted by Crippen LogP contribution is -2.35. The van der Waals surface area contributed by atoms with Crippen LogP contribution in [-0.4, -0.2) is 10.9 Å². The molecule has 0 fully saturated rings. The fourth-order valence-electron chi connectivity index (χ4n) is 1.95. The highest BCUT2D eigenvalue weighted by Crippen LogP contribution is 2.16. The normalized spacial score (nSPS) is 14.5. The molecular weight excluding hydrogens is 194 g/mol. The maximum absolute atomic E-state index is 11.9. The van der Waals surface area contributed by atoms with Crippen molar-refractivity contribution in [2.24, 2.45) is 5.84 Å². The molecule has 0 unspecified atom stereocenters. The van der Waals surface area contributed by atoms with Crippen molar-refractivity contribution in [3.63, 3.8) is 0 Å². The monoisotopic (exact) mass is 207 g/mol. The van der Waals surface area contributed by atoms with Crippen molar-refractivity contribution in [2.45, 2.75) is 25.7 Å². The number of amides is 1. The highest BCUT2D eigenvalue weighted by molar-refractivity contribution is 5.93. The summed E-state index contributed by atoms with van der Waals surface area (Å²) in [4.78, 5) is 26.1. The predicted octanol–water partition coefficient (Wildman–Crippen LogP) is -0.143. The Balaban J connectivity index is 2.53. The number of hydrogen-bond donors (Lipinski definition) is 3. The quantitative estimate of drug-likeness (QED) is 0.340. The van der Waals surface area contributed by atoms with E-state index in [4.69, 9.17) is 5.84 Å². The molecule has 5 nitrogen and oxygen atoms in total. The zero-order chi connectivity index (χ0) is 10.8. The summed E-state index contributed by atoms with van der Waals surface area (Å²) < 4.78 is 0. The Kier molecular flexibility index (Phi) is 2.55. The maximum Gasteiger partial charge on any atom is 0.270 e. The van der Waals surface area contributed by atoms with E-state index in [1.54, 1.807) is 0 Å². The van der Waals surface area contributed by atoms with E-state index in [1.807, 2.05) is 5.43 Å². The van der Waals surface area contributed by atoms with E-state index < -0.39 is 5.91 Å². The first-order chi connectivity index (χ1) is 7.24. The van der Waals surface area contributed by atoms with Gasteiger partial charge in [-0.05, 0) is 25.7 Å². The van der Waals surface area contributed by atoms with Gasteiger partial charge in [-0.15, -0.1) is 0 Å². The number of carbonyl (C=O) groups is 1. The van der Waals surface area contributed by atoms with Gasteiger partial charge in [0.15, 0.2) is 5.43 Å². The molecule has 0 bridgehead atoms. The van der Waals surface area contributed by atoms with Crippen LogP contribution in [-0.2, 0) is 12.8 Å². The summed E-state index contributed by atoms with van der Waals surface area (Å²) in [7, 11) is 0. The fraction of sp³-hybridized carbons (Fsp3) is 0.400. The Labute approximate surface area is 86.7 Å². The first-order valence-corrected chi connectivity index (χ1v) is 4.98. The van der Waals surface area contributed by atoms with Crippen LogP contribution in [0.5, 0.6) is 0 Å². The van der Waals surface area contributed by atoms with E-state index >= 15 is 0 Å². The number of H-pyrrole nitrogens is 1. The number of rotatable bonds is 1. The maximum atomic E-state index is 11.9. The number of aromatic nitrogens is 1. The number of pyridine rings is 1. The molecule has 0 aromatic carbocycles. The van der Waals surface area contributed by atoms with Crippen LogP contribution in [0.4, 0.5) is 0 Å². The predicted molar refractivity (Wildman–Crippen MR) is 55.4 cm³/mol. The van der Waals surface area contributed by atoms with Gasteiger partial charge in [-0.25, -0.2) is 5.84 Å². The van der Waals surface area contributed by atoms with Crippen LogP contribution in [0.1, 0.15) is 34.5 Å². The molecule has 0 spiro atoms. The Morgan fingerprint density at radius 1 is 1.40 bits per heavy atom. The SMILES string of the molecule is NNC(=O)c1c[nH]c2c(c1=O)CCCC2. The molecule has 15 heavy (non-hydrogen) atoms. The summed E-state index contributed by atoms with van der Waals surface area (Å²) in [5.74, 6) is 4.46. The summed E-state index contributed by atoms with van der Waals surface area (Å²) in [6, 6.07) is 0. The summed E-state index contributed by atoms with van der Waals surface area (Å²) in [6.07, 6.45) is 5.16. The molecule has 0 radical (unpaired) electrons. The number of aryl methyl sites for hydroxylation is 1. The van der Waals surface area contributed by atoms with Gasteiger partial charge in [-0.2, -0.15) is 0 Å². The van der Waals surface area contributed by atoms with E-state index in [0.29, 0.717) is 0 Å². The third kappa shape index (κ3) is 1.66. The van der Waals surface area contributed by atoms with Crippen molar-refractivity contribution < 1.29 is 4.79 Å². The van der Waals surface area contributed by atoms with Crippen molar-refractivity contribution in [3.8, 4) is 0 Å². The lowest BCUT2D eigenvalue weighted by atomic mass is 9.94. The van der Waals surface area contributed by atoms with Gasteiger partial charge >= 0.3 is 0 Å². The number of fused-ring (bicyclic) bond motifs is 1. The molecule has 0 saturated heterocycles. The second-order valence-electron chi connectivity index (χ2n) is 3.67. The molecular formula is C10H13N3O2. The third-order valence-electron chi connectivity index (χ3n) is 2.75. The lowest BCUT2D eigenvalue weighted by Gasteiger charge is -2.15. The standard InChI is InChI=1S/C10H13N3O2/c11-13-10(15)7-5-12-8-4-2-1-3-6(8)9(7)14/h5H,1-4,11H2,(H,12,14)(H,13,15). The number of hydrazine groups is 1. The Morgan fingerprint density at radius 2 is 2.13 bits per heavy atom. The van der Waals surface area contributed by atoms with Crippen molar-refractivity contribution >= 4 is 5.91 Å². The van der Waals surface area contributed by atoms with Crippen LogP contribution in [0.2, 0.25) is 0 Å². The first-order valence-electron chi connectivity index (χ1n) is 4.98. The van der Waals surface area contributed by atoms with E-state index in [-0.39, 0.29) is 11.0 Å². The minimum atomic E-state index is -0.537. The molecule has 4 N–H and O–H groups in total. The van der Waals surface area contributed by atoms with Crippen LogP contribution < -0.4 is 16.7 Å². The number of carbonyl (C=O) groups excluding carboxylic acids is 1. The van der Waals surface area contributed by atoms with E-state index in [9.17, 15) is 9.59 Å². The summed E-state index contributed by atoms with van der Waals surface area (Å²) in [6.45, 7) is 0. The zero-order valence-corrected chi connectivity index (χ0v) is 8.30. The van der Waals surface area contributed by atoms with E-state index in [1.165, 1.54) is 6.20 Å². The Bertz CT molecular complexity index is 450. The van der Waals surface area contributed by atoms with Gasteiger partial charge in [0.1, 0.15) is 5.56 Å². The molecule has 0 aliphatic heterocycles. The molecule has 80 valence electrons. The van der Waals surface area contributed by atoms with Crippen LogP contribution >= 0.6 is 0 Å². The van der Waals surface area contributed by atoms with Crippen LogP contribution in [0.15, 0.2) is 11.0 Å². The van der Waals surface area contributed by atoms with Crippen LogP contribution in [0, 0.1) is 0 Å². The minimum Gasteiger partial charge on any atom is -0.364 e. The Hall–Kier alpha value is -1.62. The number of nitrogens with one attached hydrogen (secondary N) is 2. The van der Waals surface area contributed by atoms with Gasteiger partial charge in [-0.1, -0.05) is 0 Å². The van der Waals surface area contributed by atoms with E-state index in [0.717, 1.165) is 36.9 Å². The van der Waals surface area contributed by atoms with Crippen LogP contribution in [0.3, 0.4) is 0 Å². The van der Waals surface area contributed by atoms with Gasteiger partial charge in [0.05, 0.1) is 0 Å². The van der Waals surface area contributed by atoms with Crippen molar-refractivity contribution in [1.29, 1.82) is 0 Å². The molecule has 0 saturated carbocycles. The average Bonchev–Trinajstić information content (AvgIpc) is 2.29. The van der Waals surface area contributed by atoms with Crippen molar-refractivity contribution in [3.05, 3.63) is 33.2 Å². The van der Waals surface area contributed by atoms with Gasteiger partial charge in [0, 0.05) is 17.5 Å². The molecule has 0 atom stereocenters. The molecule has 1 aliphatic carbocycles. The molecule has 1 aromatic heterocycles. The Morgan fingerprint density at radius 3 is 2.87 bits per heavy atom. The highest BCUT2D eigenvalue weighted by Gasteiger charge is 2.18.